The fraction of sp³-hybridized carbons (Fsp3) is 0.263. The molecule has 132 valence electrons. The molecular formula is C19H20ClIN2O2. The van der Waals surface area contributed by atoms with Crippen molar-refractivity contribution in [1.29, 1.82) is 0 Å². The van der Waals surface area contributed by atoms with E-state index in [0.717, 1.165) is 9.13 Å². The lowest BCUT2D eigenvalue weighted by Crippen LogP contribution is -2.42. The van der Waals surface area contributed by atoms with Gasteiger partial charge in [-0.2, -0.15) is 0 Å². The number of hydrogen-bond acceptors (Lipinski definition) is 2. The highest BCUT2D eigenvalue weighted by atomic mass is 127. The van der Waals surface area contributed by atoms with Crippen molar-refractivity contribution in [3.8, 4) is 0 Å². The summed E-state index contributed by atoms with van der Waals surface area (Å²) in [5.74, 6) is -0.483. The second-order valence-electron chi connectivity index (χ2n) is 6.33. The molecule has 0 radical (unpaired) electrons. The Kier molecular flexibility index (Phi) is 6.84. The number of amides is 2. The van der Waals surface area contributed by atoms with Gasteiger partial charge in [0.2, 0.25) is 5.91 Å². The molecule has 0 atom stereocenters. The van der Waals surface area contributed by atoms with Crippen molar-refractivity contribution < 1.29 is 9.59 Å². The fourth-order valence-corrected chi connectivity index (χ4v) is 3.12. The zero-order chi connectivity index (χ0) is 18.4. The van der Waals surface area contributed by atoms with E-state index < -0.39 is 0 Å². The average molecular weight is 471 g/mol. The summed E-state index contributed by atoms with van der Waals surface area (Å²) >= 11 is 8.13. The Bertz CT molecular complexity index is 778. The molecule has 2 rings (SSSR count). The molecular weight excluding hydrogens is 451 g/mol. The largest absolute Gasteiger partial charge is 0.354 e. The van der Waals surface area contributed by atoms with Crippen molar-refractivity contribution in [2.24, 2.45) is 0 Å². The van der Waals surface area contributed by atoms with Crippen LogP contribution in [0.3, 0.4) is 0 Å². The molecule has 6 heteroatoms. The summed E-state index contributed by atoms with van der Waals surface area (Å²) in [6.07, 6.45) is 0. The maximum Gasteiger partial charge on any atom is 0.252 e. The Labute approximate surface area is 166 Å². The van der Waals surface area contributed by atoms with Gasteiger partial charge in [0.1, 0.15) is 0 Å². The van der Waals surface area contributed by atoms with Gasteiger partial charge in [-0.3, -0.25) is 9.59 Å². The lowest BCUT2D eigenvalue weighted by Gasteiger charge is -2.26. The molecule has 0 aliphatic heterocycles. The molecule has 0 aromatic heterocycles. The summed E-state index contributed by atoms with van der Waals surface area (Å²) in [6, 6.07) is 14.8. The van der Waals surface area contributed by atoms with Crippen LogP contribution in [0.4, 0.5) is 0 Å². The van der Waals surface area contributed by atoms with E-state index in [1.165, 1.54) is 0 Å². The first-order chi connectivity index (χ1) is 11.8. The molecule has 0 heterocycles. The Balaban J connectivity index is 1.86. The summed E-state index contributed by atoms with van der Waals surface area (Å²) in [7, 11) is 0. The van der Waals surface area contributed by atoms with Crippen molar-refractivity contribution >= 4 is 46.0 Å². The molecule has 0 saturated carbocycles. The first-order valence-electron chi connectivity index (χ1n) is 7.85. The van der Waals surface area contributed by atoms with Gasteiger partial charge in [-0.1, -0.05) is 49.7 Å². The van der Waals surface area contributed by atoms with E-state index >= 15 is 0 Å². The van der Waals surface area contributed by atoms with Crippen LogP contribution in [-0.2, 0) is 10.2 Å². The predicted octanol–water partition coefficient (Wildman–Crippen LogP) is 3.77. The van der Waals surface area contributed by atoms with E-state index in [2.05, 4.69) is 33.2 Å². The van der Waals surface area contributed by atoms with Crippen molar-refractivity contribution in [2.45, 2.75) is 19.3 Å². The van der Waals surface area contributed by atoms with E-state index in [0.29, 0.717) is 17.1 Å². The summed E-state index contributed by atoms with van der Waals surface area (Å²) < 4.78 is 0.847. The highest BCUT2D eigenvalue weighted by Crippen LogP contribution is 2.24. The summed E-state index contributed by atoms with van der Waals surface area (Å²) in [5, 5.41) is 6.18. The number of carbonyl (C=O) groups excluding carboxylic acids is 2. The second kappa shape index (κ2) is 8.67. The second-order valence-corrected chi connectivity index (χ2v) is 7.93. The van der Waals surface area contributed by atoms with Gasteiger partial charge in [-0.05, 0) is 52.4 Å². The SMILES string of the molecule is CC(C)(CNC(=O)CNC(=O)c1ccccc1I)c1cccc(Cl)c1. The third kappa shape index (κ3) is 5.71. The quantitative estimate of drug-likeness (QED) is 0.632. The molecule has 4 nitrogen and oxygen atoms in total. The van der Waals surface area contributed by atoms with E-state index in [4.69, 9.17) is 11.6 Å². The van der Waals surface area contributed by atoms with Gasteiger partial charge in [-0.15, -0.1) is 0 Å². The first kappa shape index (κ1) is 19.7. The van der Waals surface area contributed by atoms with Crippen LogP contribution in [0.1, 0.15) is 29.8 Å². The summed E-state index contributed by atoms with van der Waals surface area (Å²) in [4.78, 5) is 24.2. The Morgan fingerprint density at radius 1 is 1.08 bits per heavy atom. The topological polar surface area (TPSA) is 58.2 Å². The Hall–Kier alpha value is -1.60. The minimum absolute atomic E-state index is 0.0601. The van der Waals surface area contributed by atoms with Crippen molar-refractivity contribution in [3.05, 3.63) is 68.3 Å². The molecule has 0 fully saturated rings. The number of halogens is 2. The van der Waals surface area contributed by atoms with Crippen LogP contribution in [0.2, 0.25) is 5.02 Å². The lowest BCUT2D eigenvalue weighted by molar-refractivity contribution is -0.120. The molecule has 0 unspecified atom stereocenters. The maximum absolute atomic E-state index is 12.1. The standard InChI is InChI=1S/C19H20ClIN2O2/c1-19(2,13-6-5-7-14(20)10-13)12-23-17(24)11-22-18(25)15-8-3-4-9-16(15)21/h3-10H,11-12H2,1-2H3,(H,22,25)(H,23,24). The third-order valence-electron chi connectivity index (χ3n) is 3.86. The maximum atomic E-state index is 12.1. The molecule has 2 aromatic carbocycles. The molecule has 2 aromatic rings. The average Bonchev–Trinajstić information content (AvgIpc) is 2.58. The van der Waals surface area contributed by atoms with Gasteiger partial charge in [-0.25, -0.2) is 0 Å². The Morgan fingerprint density at radius 3 is 2.48 bits per heavy atom. The van der Waals surface area contributed by atoms with E-state index in [1.54, 1.807) is 12.1 Å². The van der Waals surface area contributed by atoms with Crippen molar-refractivity contribution in [3.63, 3.8) is 0 Å². The summed E-state index contributed by atoms with van der Waals surface area (Å²) in [6.45, 7) is 4.45. The highest BCUT2D eigenvalue weighted by Gasteiger charge is 2.22. The van der Waals surface area contributed by atoms with E-state index in [9.17, 15) is 9.59 Å². The van der Waals surface area contributed by atoms with Gasteiger partial charge in [0.05, 0.1) is 12.1 Å². The van der Waals surface area contributed by atoms with Crippen LogP contribution in [0.15, 0.2) is 48.5 Å². The van der Waals surface area contributed by atoms with Gasteiger partial charge in [0.15, 0.2) is 0 Å². The van der Waals surface area contributed by atoms with Crippen molar-refractivity contribution in [1.82, 2.24) is 10.6 Å². The normalized spacial score (nSPS) is 11.0. The zero-order valence-electron chi connectivity index (χ0n) is 14.1. The minimum Gasteiger partial charge on any atom is -0.354 e. The van der Waals surface area contributed by atoms with Crippen molar-refractivity contribution in [2.75, 3.05) is 13.1 Å². The van der Waals surface area contributed by atoms with Crippen LogP contribution < -0.4 is 10.6 Å². The van der Waals surface area contributed by atoms with Crippen LogP contribution in [-0.4, -0.2) is 24.9 Å². The number of rotatable bonds is 6. The van der Waals surface area contributed by atoms with E-state index in [1.807, 2.05) is 50.2 Å². The molecule has 2 N–H and O–H groups in total. The highest BCUT2D eigenvalue weighted by molar-refractivity contribution is 14.1. The number of benzene rings is 2. The third-order valence-corrected chi connectivity index (χ3v) is 5.04. The molecule has 0 aliphatic carbocycles. The fourth-order valence-electron chi connectivity index (χ4n) is 2.29. The first-order valence-corrected chi connectivity index (χ1v) is 9.31. The molecule has 2 amide bonds. The van der Waals surface area contributed by atoms with Gasteiger partial charge in [0, 0.05) is 20.6 Å². The van der Waals surface area contributed by atoms with Gasteiger partial charge in [0.25, 0.3) is 5.91 Å². The van der Waals surface area contributed by atoms with Crippen LogP contribution in [0, 0.1) is 3.57 Å². The monoisotopic (exact) mass is 470 g/mol. The lowest BCUT2D eigenvalue weighted by atomic mass is 9.84. The number of nitrogens with one attached hydrogen (secondary N) is 2. The van der Waals surface area contributed by atoms with Gasteiger partial charge >= 0.3 is 0 Å². The zero-order valence-corrected chi connectivity index (χ0v) is 17.0. The van der Waals surface area contributed by atoms with Crippen LogP contribution in [0.25, 0.3) is 0 Å². The van der Waals surface area contributed by atoms with Crippen LogP contribution >= 0.6 is 34.2 Å². The molecule has 0 aliphatic rings. The van der Waals surface area contributed by atoms with Crippen LogP contribution in [0.5, 0.6) is 0 Å². The Morgan fingerprint density at radius 2 is 1.80 bits per heavy atom. The van der Waals surface area contributed by atoms with E-state index in [-0.39, 0.29) is 23.8 Å². The summed E-state index contributed by atoms with van der Waals surface area (Å²) in [5.41, 5.74) is 1.35. The molecule has 0 spiro atoms. The molecule has 25 heavy (non-hydrogen) atoms. The smallest absolute Gasteiger partial charge is 0.252 e. The predicted molar refractivity (Wildman–Crippen MR) is 109 cm³/mol. The molecule has 0 bridgehead atoms. The minimum atomic E-state index is -0.265. The number of hydrogen-bond donors (Lipinski definition) is 2. The van der Waals surface area contributed by atoms with Gasteiger partial charge < -0.3 is 10.6 Å². The number of carbonyl (C=O) groups is 2. The molecule has 0 saturated heterocycles.